The van der Waals surface area contributed by atoms with E-state index >= 15 is 0 Å². The van der Waals surface area contributed by atoms with Crippen LogP contribution in [0.4, 0.5) is 0 Å². The average molecular weight is 258 g/mol. The van der Waals surface area contributed by atoms with E-state index in [0.717, 1.165) is 11.0 Å². The van der Waals surface area contributed by atoms with Crippen molar-refractivity contribution in [3.63, 3.8) is 0 Å². The van der Waals surface area contributed by atoms with Crippen LogP contribution in [0.2, 0.25) is 0 Å². The topological polar surface area (TPSA) is 66.9 Å². The minimum absolute atomic E-state index is 0.178. The van der Waals surface area contributed by atoms with Crippen LogP contribution in [0.1, 0.15) is 5.69 Å². The molecule has 1 saturated heterocycles. The van der Waals surface area contributed by atoms with Crippen LogP contribution in [0.15, 0.2) is 36.2 Å². The lowest BCUT2D eigenvalue weighted by atomic mass is 10.2. The standard InChI is InChI=1S/C12H10N4OS/c17-11-10(15-12(18)16-11)6-7-3-4-8-9(14-7)2-1-5-13-8/h1-6,12,15,18H,(H,16,17)/b10-6-. The van der Waals surface area contributed by atoms with Crippen LogP contribution in [-0.4, -0.2) is 21.4 Å². The highest BCUT2D eigenvalue weighted by atomic mass is 32.1. The molecule has 6 heteroatoms. The van der Waals surface area contributed by atoms with Gasteiger partial charge in [0.2, 0.25) is 0 Å². The first-order valence-electron chi connectivity index (χ1n) is 5.41. The molecule has 1 atom stereocenters. The van der Waals surface area contributed by atoms with Gasteiger partial charge in [0, 0.05) is 6.20 Å². The zero-order valence-electron chi connectivity index (χ0n) is 9.29. The number of rotatable bonds is 1. The normalized spacial score (nSPS) is 21.1. The maximum absolute atomic E-state index is 11.5. The molecule has 3 rings (SSSR count). The van der Waals surface area contributed by atoms with Crippen molar-refractivity contribution < 1.29 is 4.79 Å². The van der Waals surface area contributed by atoms with Gasteiger partial charge in [0.1, 0.15) is 11.2 Å². The molecule has 1 aliphatic rings. The Labute approximate surface area is 109 Å². The number of pyridine rings is 2. The summed E-state index contributed by atoms with van der Waals surface area (Å²) in [5.74, 6) is -0.178. The summed E-state index contributed by atoms with van der Waals surface area (Å²) in [4.78, 5) is 20.1. The van der Waals surface area contributed by atoms with E-state index in [1.165, 1.54) is 0 Å². The van der Waals surface area contributed by atoms with Crippen molar-refractivity contribution in [3.8, 4) is 0 Å². The van der Waals surface area contributed by atoms with Gasteiger partial charge >= 0.3 is 0 Å². The SMILES string of the molecule is O=C1NC(S)N/C1=C\c1ccc2ncccc2n1. The molecule has 18 heavy (non-hydrogen) atoms. The molecule has 0 saturated carbocycles. The van der Waals surface area contributed by atoms with E-state index in [-0.39, 0.29) is 11.4 Å². The van der Waals surface area contributed by atoms with Gasteiger partial charge in [-0.3, -0.25) is 9.78 Å². The molecule has 90 valence electrons. The summed E-state index contributed by atoms with van der Waals surface area (Å²) in [6, 6.07) is 7.41. The van der Waals surface area contributed by atoms with E-state index in [2.05, 4.69) is 33.2 Å². The zero-order chi connectivity index (χ0) is 12.5. The van der Waals surface area contributed by atoms with Gasteiger partial charge in [-0.25, -0.2) is 4.98 Å². The third-order valence-corrected chi connectivity index (χ3v) is 2.83. The second kappa shape index (κ2) is 4.30. The number of fused-ring (bicyclic) bond motifs is 1. The highest BCUT2D eigenvalue weighted by Gasteiger charge is 2.22. The Kier molecular flexibility index (Phi) is 2.64. The van der Waals surface area contributed by atoms with Gasteiger partial charge < -0.3 is 10.6 Å². The largest absolute Gasteiger partial charge is 0.352 e. The molecule has 2 aromatic heterocycles. The van der Waals surface area contributed by atoms with E-state index in [1.54, 1.807) is 12.3 Å². The number of carbonyl (C=O) groups excluding carboxylic acids is 1. The third-order valence-electron chi connectivity index (χ3n) is 2.57. The molecule has 1 unspecified atom stereocenters. The lowest BCUT2D eigenvalue weighted by molar-refractivity contribution is -0.116. The zero-order valence-corrected chi connectivity index (χ0v) is 10.2. The average Bonchev–Trinajstić information content (AvgIpc) is 2.68. The predicted molar refractivity (Wildman–Crippen MR) is 71.6 cm³/mol. The van der Waals surface area contributed by atoms with Crippen molar-refractivity contribution in [2.45, 2.75) is 5.50 Å². The van der Waals surface area contributed by atoms with E-state index < -0.39 is 0 Å². The molecule has 2 aromatic rings. The van der Waals surface area contributed by atoms with Crippen LogP contribution in [0, 0.1) is 0 Å². The van der Waals surface area contributed by atoms with Crippen LogP contribution >= 0.6 is 12.6 Å². The molecule has 0 bridgehead atoms. The number of amides is 1. The van der Waals surface area contributed by atoms with Crippen LogP contribution < -0.4 is 10.6 Å². The molecule has 3 heterocycles. The van der Waals surface area contributed by atoms with Gasteiger partial charge in [-0.1, -0.05) is 0 Å². The number of thiol groups is 1. The predicted octanol–water partition coefficient (Wildman–Crippen LogP) is 0.903. The summed E-state index contributed by atoms with van der Waals surface area (Å²) in [6.07, 6.45) is 3.41. The van der Waals surface area contributed by atoms with Gasteiger partial charge in [-0.15, -0.1) is 12.6 Å². The summed E-state index contributed by atoms with van der Waals surface area (Å²) in [7, 11) is 0. The molecular weight excluding hydrogens is 248 g/mol. The third kappa shape index (κ3) is 2.02. The molecule has 1 fully saturated rings. The first kappa shape index (κ1) is 11.0. The molecular formula is C12H10N4OS. The second-order valence-electron chi connectivity index (χ2n) is 3.86. The fourth-order valence-electron chi connectivity index (χ4n) is 1.76. The second-order valence-corrected chi connectivity index (χ2v) is 4.37. The number of aromatic nitrogens is 2. The molecule has 0 radical (unpaired) electrons. The summed E-state index contributed by atoms with van der Waals surface area (Å²) in [5, 5.41) is 5.54. The first-order chi connectivity index (χ1) is 8.72. The Morgan fingerprint density at radius 2 is 2.11 bits per heavy atom. The van der Waals surface area contributed by atoms with Crippen LogP contribution in [0.25, 0.3) is 17.1 Å². The van der Waals surface area contributed by atoms with Gasteiger partial charge in [0.05, 0.1) is 16.7 Å². The van der Waals surface area contributed by atoms with Crippen molar-refractivity contribution in [3.05, 3.63) is 41.9 Å². The van der Waals surface area contributed by atoms with Crippen LogP contribution in [0.5, 0.6) is 0 Å². The van der Waals surface area contributed by atoms with Crippen molar-refractivity contribution in [1.29, 1.82) is 0 Å². The fraction of sp³-hybridized carbons (Fsp3) is 0.0833. The summed E-state index contributed by atoms with van der Waals surface area (Å²) in [5.41, 5.74) is 2.45. The van der Waals surface area contributed by atoms with E-state index in [4.69, 9.17) is 0 Å². The van der Waals surface area contributed by atoms with E-state index in [0.29, 0.717) is 11.4 Å². The number of nitrogens with zero attached hydrogens (tertiary/aromatic N) is 2. The Balaban J connectivity index is 2.00. The Hall–Kier alpha value is -2.08. The van der Waals surface area contributed by atoms with Gasteiger partial charge in [-0.05, 0) is 30.3 Å². The molecule has 5 nitrogen and oxygen atoms in total. The first-order valence-corrected chi connectivity index (χ1v) is 5.93. The molecule has 1 amide bonds. The van der Waals surface area contributed by atoms with Crippen LogP contribution in [-0.2, 0) is 4.79 Å². The number of nitrogens with one attached hydrogen (secondary N) is 2. The van der Waals surface area contributed by atoms with Gasteiger partial charge in [0.15, 0.2) is 0 Å². The smallest absolute Gasteiger partial charge is 0.269 e. The maximum Gasteiger partial charge on any atom is 0.269 e. The Morgan fingerprint density at radius 1 is 1.22 bits per heavy atom. The lowest BCUT2D eigenvalue weighted by Crippen LogP contribution is -2.25. The van der Waals surface area contributed by atoms with Gasteiger partial charge in [0.25, 0.3) is 5.91 Å². The van der Waals surface area contributed by atoms with E-state index in [1.807, 2.05) is 24.3 Å². The summed E-state index contributed by atoms with van der Waals surface area (Å²) in [6.45, 7) is 0. The quantitative estimate of drug-likeness (QED) is 0.525. The highest BCUT2D eigenvalue weighted by molar-refractivity contribution is 7.80. The van der Waals surface area contributed by atoms with Crippen molar-refractivity contribution in [1.82, 2.24) is 20.6 Å². The van der Waals surface area contributed by atoms with Crippen molar-refractivity contribution in [2.24, 2.45) is 0 Å². The minimum Gasteiger partial charge on any atom is -0.352 e. The molecule has 0 aliphatic carbocycles. The van der Waals surface area contributed by atoms with Crippen LogP contribution in [0.3, 0.4) is 0 Å². The molecule has 0 aromatic carbocycles. The molecule has 0 spiro atoms. The summed E-state index contributed by atoms with van der Waals surface area (Å²) < 4.78 is 0. The summed E-state index contributed by atoms with van der Waals surface area (Å²) >= 11 is 4.12. The Morgan fingerprint density at radius 3 is 2.89 bits per heavy atom. The fourth-order valence-corrected chi connectivity index (χ4v) is 2.02. The molecule has 2 N–H and O–H groups in total. The van der Waals surface area contributed by atoms with E-state index in [9.17, 15) is 4.79 Å². The number of hydrogen-bond donors (Lipinski definition) is 3. The lowest BCUT2D eigenvalue weighted by Gasteiger charge is -2.00. The Bertz CT molecular complexity index is 655. The number of hydrogen-bond acceptors (Lipinski definition) is 5. The van der Waals surface area contributed by atoms with Crippen molar-refractivity contribution in [2.75, 3.05) is 0 Å². The molecule has 1 aliphatic heterocycles. The monoisotopic (exact) mass is 258 g/mol. The van der Waals surface area contributed by atoms with Crippen molar-refractivity contribution >= 4 is 35.6 Å². The highest BCUT2D eigenvalue weighted by Crippen LogP contribution is 2.13. The number of carbonyl (C=O) groups is 1. The minimum atomic E-state index is -0.342. The maximum atomic E-state index is 11.5. The van der Waals surface area contributed by atoms with Gasteiger partial charge in [-0.2, -0.15) is 0 Å².